The number of nitrogens with one attached hydrogen (secondary N) is 1. The van der Waals surface area contributed by atoms with Crippen LogP contribution in [0.3, 0.4) is 0 Å². The lowest BCUT2D eigenvalue weighted by Crippen LogP contribution is -2.25. The van der Waals surface area contributed by atoms with Crippen LogP contribution in [0.25, 0.3) is 16.5 Å². The topological polar surface area (TPSA) is 86.5 Å². The zero-order valence-corrected chi connectivity index (χ0v) is 16.1. The third kappa shape index (κ3) is 4.34. The number of allylic oxidation sites excluding steroid dienone is 3. The summed E-state index contributed by atoms with van der Waals surface area (Å²) in [5.74, 6) is 1.48. The normalized spacial score (nSPS) is 18.3. The van der Waals surface area contributed by atoms with E-state index in [1.165, 1.54) is 6.20 Å². The molecule has 0 unspecified atom stereocenters. The molecule has 1 amide bonds. The van der Waals surface area contributed by atoms with Crippen LogP contribution < -0.4 is 15.8 Å². The van der Waals surface area contributed by atoms with Crippen molar-refractivity contribution in [3.05, 3.63) is 66.7 Å². The van der Waals surface area contributed by atoms with Gasteiger partial charge in [-0.3, -0.25) is 9.78 Å². The van der Waals surface area contributed by atoms with Gasteiger partial charge in [-0.25, -0.2) is 0 Å². The highest BCUT2D eigenvalue weighted by Gasteiger charge is 2.28. The Morgan fingerprint density at radius 3 is 2.93 bits per heavy atom. The number of amides is 1. The van der Waals surface area contributed by atoms with Crippen molar-refractivity contribution in [3.63, 3.8) is 0 Å². The SMILES string of the molecule is C=C(/C=C\C(=C/N)OC)c1cc(O[C@H](C)[C@H]2CNC(=O)C2)c2cccnc2c1. The van der Waals surface area contributed by atoms with Crippen LogP contribution in [0.2, 0.25) is 0 Å². The highest BCUT2D eigenvalue weighted by atomic mass is 16.5. The van der Waals surface area contributed by atoms with Crippen molar-refractivity contribution in [2.24, 2.45) is 11.7 Å². The van der Waals surface area contributed by atoms with E-state index in [0.717, 1.165) is 27.8 Å². The number of nitrogens with zero attached hydrogens (tertiary/aromatic N) is 1. The fourth-order valence-electron chi connectivity index (χ4n) is 3.16. The summed E-state index contributed by atoms with van der Waals surface area (Å²) in [7, 11) is 1.56. The van der Waals surface area contributed by atoms with Crippen LogP contribution in [0.4, 0.5) is 0 Å². The lowest BCUT2D eigenvalue weighted by atomic mass is 10.0. The van der Waals surface area contributed by atoms with Crippen LogP contribution in [0, 0.1) is 5.92 Å². The molecule has 1 aromatic carbocycles. The largest absolute Gasteiger partial charge is 0.495 e. The summed E-state index contributed by atoms with van der Waals surface area (Å²) in [6.45, 7) is 6.76. The second-order valence-electron chi connectivity index (χ2n) is 6.77. The maximum atomic E-state index is 11.5. The maximum absolute atomic E-state index is 11.5. The average molecular weight is 379 g/mol. The zero-order valence-electron chi connectivity index (χ0n) is 16.1. The van der Waals surface area contributed by atoms with E-state index in [1.807, 2.05) is 37.3 Å². The molecule has 6 nitrogen and oxygen atoms in total. The van der Waals surface area contributed by atoms with Crippen molar-refractivity contribution in [2.75, 3.05) is 13.7 Å². The van der Waals surface area contributed by atoms with E-state index in [9.17, 15) is 4.79 Å². The number of ether oxygens (including phenoxy) is 2. The predicted octanol–water partition coefficient (Wildman–Crippen LogP) is 3.15. The summed E-state index contributed by atoms with van der Waals surface area (Å²) in [6.07, 6.45) is 7.10. The highest BCUT2D eigenvalue weighted by molar-refractivity contribution is 5.90. The summed E-state index contributed by atoms with van der Waals surface area (Å²) in [6, 6.07) is 7.78. The molecule has 2 atom stereocenters. The van der Waals surface area contributed by atoms with Gasteiger partial charge in [-0.2, -0.15) is 0 Å². The van der Waals surface area contributed by atoms with E-state index in [4.69, 9.17) is 15.2 Å². The molecule has 0 bridgehead atoms. The molecule has 0 saturated carbocycles. The Morgan fingerprint density at radius 2 is 2.25 bits per heavy atom. The number of carbonyl (C=O) groups excluding carboxylic acids is 1. The number of hydrogen-bond donors (Lipinski definition) is 2. The van der Waals surface area contributed by atoms with Crippen LogP contribution in [-0.2, 0) is 9.53 Å². The molecule has 146 valence electrons. The minimum absolute atomic E-state index is 0.0705. The van der Waals surface area contributed by atoms with E-state index < -0.39 is 0 Å². The predicted molar refractivity (Wildman–Crippen MR) is 110 cm³/mol. The number of aromatic nitrogens is 1. The quantitative estimate of drug-likeness (QED) is 0.570. The molecule has 3 rings (SSSR count). The van der Waals surface area contributed by atoms with Gasteiger partial charge < -0.3 is 20.5 Å². The number of hydrogen-bond acceptors (Lipinski definition) is 5. The lowest BCUT2D eigenvalue weighted by Gasteiger charge is -2.21. The van der Waals surface area contributed by atoms with Crippen molar-refractivity contribution in [1.82, 2.24) is 10.3 Å². The Hall–Kier alpha value is -3.28. The van der Waals surface area contributed by atoms with Gasteiger partial charge in [0.05, 0.1) is 12.6 Å². The fraction of sp³-hybridized carbons (Fsp3) is 0.273. The van der Waals surface area contributed by atoms with Crippen molar-refractivity contribution >= 4 is 22.4 Å². The molecule has 2 aromatic rings. The summed E-state index contributed by atoms with van der Waals surface area (Å²) in [5, 5.41) is 3.78. The third-order valence-corrected chi connectivity index (χ3v) is 4.89. The van der Waals surface area contributed by atoms with Gasteiger partial charge in [-0.15, -0.1) is 0 Å². The fourth-order valence-corrected chi connectivity index (χ4v) is 3.16. The van der Waals surface area contributed by atoms with Crippen LogP contribution in [-0.4, -0.2) is 30.6 Å². The molecule has 0 radical (unpaired) electrons. The number of benzene rings is 1. The average Bonchev–Trinajstić information content (AvgIpc) is 3.15. The van der Waals surface area contributed by atoms with Gasteiger partial charge >= 0.3 is 0 Å². The summed E-state index contributed by atoms with van der Waals surface area (Å²) >= 11 is 0. The minimum Gasteiger partial charge on any atom is -0.495 e. The van der Waals surface area contributed by atoms with Crippen LogP contribution in [0.15, 0.2) is 61.2 Å². The molecular formula is C22H25N3O3. The number of methoxy groups -OCH3 is 1. The number of carbonyl (C=O) groups is 1. The molecule has 0 aliphatic carbocycles. The third-order valence-electron chi connectivity index (χ3n) is 4.89. The second kappa shape index (κ2) is 8.61. The Morgan fingerprint density at radius 1 is 1.43 bits per heavy atom. The molecule has 6 heteroatoms. The smallest absolute Gasteiger partial charge is 0.220 e. The highest BCUT2D eigenvalue weighted by Crippen LogP contribution is 2.31. The van der Waals surface area contributed by atoms with Gasteiger partial charge in [-0.1, -0.05) is 12.7 Å². The summed E-state index contributed by atoms with van der Waals surface area (Å²) < 4.78 is 11.4. The summed E-state index contributed by atoms with van der Waals surface area (Å²) in [5.41, 5.74) is 7.99. The van der Waals surface area contributed by atoms with Gasteiger partial charge in [0.15, 0.2) is 0 Å². The lowest BCUT2D eigenvalue weighted by molar-refractivity contribution is -0.119. The molecule has 1 aromatic heterocycles. The molecule has 1 aliphatic rings. The van der Waals surface area contributed by atoms with Crippen molar-refractivity contribution < 1.29 is 14.3 Å². The van der Waals surface area contributed by atoms with Crippen LogP contribution in [0.1, 0.15) is 18.9 Å². The molecule has 3 N–H and O–H groups in total. The molecule has 28 heavy (non-hydrogen) atoms. The standard InChI is InChI=1S/C22H25N3O3/c1-14(6-7-18(12-23)27-3)16-9-20-19(5-4-8-24-20)21(10-16)28-15(2)17-11-22(26)25-13-17/h4-10,12,15,17H,1,11,13,23H2,2-3H3,(H,25,26)/b7-6-,18-12+/t15-,17-/m1/s1. The number of rotatable bonds is 7. The molecule has 2 heterocycles. The Kier molecular flexibility index (Phi) is 5.99. The number of pyridine rings is 1. The number of fused-ring (bicyclic) bond motifs is 1. The van der Waals surface area contributed by atoms with Gasteiger partial charge in [0, 0.05) is 36.7 Å². The van der Waals surface area contributed by atoms with Crippen LogP contribution >= 0.6 is 0 Å². The molecule has 0 spiro atoms. The first-order valence-electron chi connectivity index (χ1n) is 9.17. The molecule has 1 aliphatic heterocycles. The van der Waals surface area contributed by atoms with Crippen molar-refractivity contribution in [1.29, 1.82) is 0 Å². The van der Waals surface area contributed by atoms with Gasteiger partial charge in [0.25, 0.3) is 0 Å². The Labute approximate surface area is 164 Å². The number of nitrogens with two attached hydrogens (primary N) is 1. The van der Waals surface area contributed by atoms with Crippen molar-refractivity contribution in [3.8, 4) is 5.75 Å². The zero-order chi connectivity index (χ0) is 20.1. The van der Waals surface area contributed by atoms with Crippen molar-refractivity contribution in [2.45, 2.75) is 19.4 Å². The Balaban J connectivity index is 1.91. The van der Waals surface area contributed by atoms with E-state index in [1.54, 1.807) is 19.4 Å². The van der Waals surface area contributed by atoms with E-state index in [2.05, 4.69) is 16.9 Å². The maximum Gasteiger partial charge on any atom is 0.220 e. The molecule has 1 fully saturated rings. The first kappa shape index (κ1) is 19.5. The van der Waals surface area contributed by atoms with Gasteiger partial charge in [0.2, 0.25) is 5.91 Å². The van der Waals surface area contributed by atoms with E-state index >= 15 is 0 Å². The minimum atomic E-state index is -0.110. The van der Waals surface area contributed by atoms with Gasteiger partial charge in [0.1, 0.15) is 17.6 Å². The van der Waals surface area contributed by atoms with E-state index in [0.29, 0.717) is 18.7 Å². The van der Waals surface area contributed by atoms with Crippen LogP contribution in [0.5, 0.6) is 5.75 Å². The second-order valence-corrected chi connectivity index (χ2v) is 6.77. The molecular weight excluding hydrogens is 354 g/mol. The Bertz CT molecular complexity index is 949. The molecule has 1 saturated heterocycles. The summed E-state index contributed by atoms with van der Waals surface area (Å²) in [4.78, 5) is 16.0. The first-order chi connectivity index (χ1) is 13.5. The monoisotopic (exact) mass is 379 g/mol. The first-order valence-corrected chi connectivity index (χ1v) is 9.17. The van der Waals surface area contributed by atoms with Gasteiger partial charge in [-0.05, 0) is 48.4 Å². The van der Waals surface area contributed by atoms with E-state index in [-0.39, 0.29) is 17.9 Å².